The molecule has 104 valence electrons. The van der Waals surface area contributed by atoms with Crippen molar-refractivity contribution in [2.45, 2.75) is 25.3 Å². The van der Waals surface area contributed by atoms with Crippen LogP contribution in [0.3, 0.4) is 0 Å². The molecule has 0 aliphatic heterocycles. The van der Waals surface area contributed by atoms with E-state index in [1.54, 1.807) is 6.33 Å². The van der Waals surface area contributed by atoms with Crippen molar-refractivity contribution in [2.75, 3.05) is 17.2 Å². The molecule has 0 spiro atoms. The summed E-state index contributed by atoms with van der Waals surface area (Å²) in [6.45, 7) is 0.820. The van der Waals surface area contributed by atoms with Gasteiger partial charge in [0.1, 0.15) is 18.0 Å². The Labute approximate surface area is 123 Å². The summed E-state index contributed by atoms with van der Waals surface area (Å²) in [7, 11) is 0. The van der Waals surface area contributed by atoms with Crippen LogP contribution >= 0.6 is 11.6 Å². The van der Waals surface area contributed by atoms with Gasteiger partial charge in [-0.25, -0.2) is 9.97 Å². The van der Waals surface area contributed by atoms with Gasteiger partial charge in [0.15, 0.2) is 0 Å². The Balaban J connectivity index is 1.52. The summed E-state index contributed by atoms with van der Waals surface area (Å²) in [6.07, 6.45) is 4.98. The molecule has 1 aliphatic carbocycles. The van der Waals surface area contributed by atoms with E-state index in [0.29, 0.717) is 6.04 Å². The van der Waals surface area contributed by atoms with Crippen LogP contribution in [0.1, 0.15) is 18.4 Å². The second-order valence-electron chi connectivity index (χ2n) is 5.01. The lowest BCUT2D eigenvalue weighted by Gasteiger charge is -2.08. The Kier molecular flexibility index (Phi) is 4.02. The Hall–Kier alpha value is -1.81. The monoisotopic (exact) mass is 288 g/mol. The Morgan fingerprint density at radius 2 is 2.00 bits per heavy atom. The minimum atomic E-state index is 0.601. The van der Waals surface area contributed by atoms with Crippen molar-refractivity contribution >= 4 is 23.2 Å². The second-order valence-corrected chi connectivity index (χ2v) is 5.45. The molecule has 2 aromatic rings. The number of rotatable bonds is 6. The molecule has 20 heavy (non-hydrogen) atoms. The molecule has 1 fully saturated rings. The van der Waals surface area contributed by atoms with Gasteiger partial charge in [0.25, 0.3) is 0 Å². The Morgan fingerprint density at radius 3 is 2.80 bits per heavy atom. The van der Waals surface area contributed by atoms with E-state index >= 15 is 0 Å². The summed E-state index contributed by atoms with van der Waals surface area (Å²) in [6, 6.07) is 10.5. The maximum Gasteiger partial charge on any atom is 0.131 e. The molecule has 1 heterocycles. The van der Waals surface area contributed by atoms with Crippen LogP contribution < -0.4 is 10.6 Å². The zero-order chi connectivity index (χ0) is 13.8. The van der Waals surface area contributed by atoms with Crippen LogP contribution in [0.15, 0.2) is 36.7 Å². The molecular weight excluding hydrogens is 272 g/mol. The molecule has 0 radical (unpaired) electrons. The van der Waals surface area contributed by atoms with Gasteiger partial charge in [-0.05, 0) is 37.0 Å². The number of aromatic nitrogens is 2. The van der Waals surface area contributed by atoms with Crippen LogP contribution in [0.2, 0.25) is 5.02 Å². The van der Waals surface area contributed by atoms with Gasteiger partial charge in [-0.1, -0.05) is 23.7 Å². The van der Waals surface area contributed by atoms with Gasteiger partial charge in [-0.2, -0.15) is 0 Å². The molecule has 3 rings (SSSR count). The van der Waals surface area contributed by atoms with Crippen LogP contribution in [0, 0.1) is 0 Å². The summed E-state index contributed by atoms with van der Waals surface area (Å²) in [5.74, 6) is 1.75. The fourth-order valence-corrected chi connectivity index (χ4v) is 2.21. The molecule has 0 saturated heterocycles. The van der Waals surface area contributed by atoms with Crippen LogP contribution in [-0.2, 0) is 6.42 Å². The molecular formula is C15H17ClN4. The molecule has 1 saturated carbocycles. The van der Waals surface area contributed by atoms with Crippen LogP contribution in [-0.4, -0.2) is 22.6 Å². The van der Waals surface area contributed by atoms with Crippen molar-refractivity contribution in [1.29, 1.82) is 0 Å². The minimum absolute atomic E-state index is 0.601. The summed E-state index contributed by atoms with van der Waals surface area (Å²) in [4.78, 5) is 8.45. The number of nitrogens with one attached hydrogen (secondary N) is 2. The van der Waals surface area contributed by atoms with Crippen LogP contribution in [0.4, 0.5) is 11.6 Å². The molecule has 1 aromatic heterocycles. The minimum Gasteiger partial charge on any atom is -0.370 e. The fraction of sp³-hybridized carbons (Fsp3) is 0.333. The van der Waals surface area contributed by atoms with Gasteiger partial charge in [-0.3, -0.25) is 0 Å². The van der Waals surface area contributed by atoms with E-state index in [2.05, 4.69) is 26.7 Å². The third-order valence-corrected chi connectivity index (χ3v) is 3.44. The van der Waals surface area contributed by atoms with Crippen LogP contribution in [0.25, 0.3) is 0 Å². The smallest absolute Gasteiger partial charge is 0.131 e. The van der Waals surface area contributed by atoms with Gasteiger partial charge in [0.2, 0.25) is 0 Å². The maximum absolute atomic E-state index is 5.97. The molecule has 1 aromatic carbocycles. The first kappa shape index (κ1) is 13.2. The Morgan fingerprint density at radius 1 is 1.15 bits per heavy atom. The van der Waals surface area contributed by atoms with Crippen molar-refractivity contribution in [3.63, 3.8) is 0 Å². The zero-order valence-electron chi connectivity index (χ0n) is 11.1. The SMILES string of the molecule is Clc1cccc(CCNc2cc(NC3CC3)ncn2)c1. The fourth-order valence-electron chi connectivity index (χ4n) is 2.00. The molecule has 1 aliphatic rings. The highest BCUT2D eigenvalue weighted by Gasteiger charge is 2.21. The summed E-state index contributed by atoms with van der Waals surface area (Å²) >= 11 is 5.97. The summed E-state index contributed by atoms with van der Waals surface area (Å²) < 4.78 is 0. The van der Waals surface area contributed by atoms with Crippen molar-refractivity contribution in [1.82, 2.24) is 9.97 Å². The highest BCUT2D eigenvalue weighted by atomic mass is 35.5. The van der Waals surface area contributed by atoms with Gasteiger partial charge in [0.05, 0.1) is 0 Å². The first-order valence-electron chi connectivity index (χ1n) is 6.86. The number of halogens is 1. The van der Waals surface area contributed by atoms with Gasteiger partial charge >= 0.3 is 0 Å². The number of hydrogen-bond donors (Lipinski definition) is 2. The third kappa shape index (κ3) is 3.84. The predicted molar refractivity (Wildman–Crippen MR) is 82.3 cm³/mol. The van der Waals surface area contributed by atoms with E-state index in [1.165, 1.54) is 18.4 Å². The first-order chi connectivity index (χ1) is 9.79. The first-order valence-corrected chi connectivity index (χ1v) is 7.24. The Bertz CT molecular complexity index is 584. The lowest BCUT2D eigenvalue weighted by atomic mass is 10.1. The van der Waals surface area contributed by atoms with E-state index in [-0.39, 0.29) is 0 Å². The standard InChI is InChI=1S/C15H17ClN4/c16-12-3-1-2-11(8-12)6-7-17-14-9-15(19-10-18-14)20-13-4-5-13/h1-3,8-10,13H,4-7H2,(H2,17,18,19,20). The molecule has 0 atom stereocenters. The van der Waals surface area contributed by atoms with Crippen LogP contribution in [0.5, 0.6) is 0 Å². The van der Waals surface area contributed by atoms with Gasteiger partial charge < -0.3 is 10.6 Å². The quantitative estimate of drug-likeness (QED) is 0.856. The van der Waals surface area contributed by atoms with Crippen molar-refractivity contribution in [3.8, 4) is 0 Å². The molecule has 2 N–H and O–H groups in total. The van der Waals surface area contributed by atoms with Gasteiger partial charge in [0, 0.05) is 23.7 Å². The van der Waals surface area contributed by atoms with Crippen molar-refractivity contribution < 1.29 is 0 Å². The normalized spacial score (nSPS) is 14.1. The number of nitrogens with zero attached hydrogens (tertiary/aromatic N) is 2. The lowest BCUT2D eigenvalue weighted by Crippen LogP contribution is -2.08. The van der Waals surface area contributed by atoms with E-state index in [1.807, 2.05) is 24.3 Å². The van der Waals surface area contributed by atoms with Crippen molar-refractivity contribution in [2.24, 2.45) is 0 Å². The van der Waals surface area contributed by atoms with Crippen molar-refractivity contribution in [3.05, 3.63) is 47.2 Å². The average molecular weight is 289 g/mol. The summed E-state index contributed by atoms with van der Waals surface area (Å²) in [5, 5.41) is 7.45. The second kappa shape index (κ2) is 6.09. The zero-order valence-corrected chi connectivity index (χ0v) is 11.9. The summed E-state index contributed by atoms with van der Waals surface area (Å²) in [5.41, 5.74) is 1.22. The molecule has 5 heteroatoms. The van der Waals surface area contributed by atoms with E-state index in [4.69, 9.17) is 11.6 Å². The molecule has 4 nitrogen and oxygen atoms in total. The number of anilines is 2. The lowest BCUT2D eigenvalue weighted by molar-refractivity contribution is 0.996. The average Bonchev–Trinajstić information content (AvgIpc) is 3.23. The number of hydrogen-bond acceptors (Lipinski definition) is 4. The van der Waals surface area contributed by atoms with E-state index in [9.17, 15) is 0 Å². The molecule has 0 unspecified atom stereocenters. The van der Waals surface area contributed by atoms with E-state index < -0.39 is 0 Å². The molecule has 0 amide bonds. The topological polar surface area (TPSA) is 49.8 Å². The predicted octanol–water partition coefficient (Wildman–Crippen LogP) is 3.36. The highest BCUT2D eigenvalue weighted by molar-refractivity contribution is 6.30. The number of benzene rings is 1. The maximum atomic E-state index is 5.97. The largest absolute Gasteiger partial charge is 0.370 e. The highest BCUT2D eigenvalue weighted by Crippen LogP contribution is 2.24. The third-order valence-electron chi connectivity index (χ3n) is 3.21. The van der Waals surface area contributed by atoms with E-state index in [0.717, 1.165) is 29.6 Å². The molecule has 0 bridgehead atoms. The van der Waals surface area contributed by atoms with Gasteiger partial charge in [-0.15, -0.1) is 0 Å².